The molecule has 0 radical (unpaired) electrons. The Kier molecular flexibility index (Phi) is 4.02. The van der Waals surface area contributed by atoms with Gasteiger partial charge in [-0.05, 0) is 12.2 Å². The first kappa shape index (κ1) is 10.6. The summed E-state index contributed by atoms with van der Waals surface area (Å²) in [5, 5.41) is 13.4. The fourth-order valence-electron chi connectivity index (χ4n) is 0.997. The minimum absolute atomic E-state index is 0.165. The first-order valence-corrected chi connectivity index (χ1v) is 5.00. The summed E-state index contributed by atoms with van der Waals surface area (Å²) in [6.07, 6.45) is 0. The number of benzene rings is 1. The Bertz CT molecular complexity index is 393. The zero-order valence-electron chi connectivity index (χ0n) is 7.69. The number of rotatable bonds is 3. The van der Waals surface area contributed by atoms with E-state index >= 15 is 0 Å². The van der Waals surface area contributed by atoms with Crippen molar-refractivity contribution in [2.45, 2.75) is 12.7 Å². The molecule has 0 aromatic heterocycles. The lowest BCUT2D eigenvalue weighted by molar-refractivity contribution is -0.385. The van der Waals surface area contributed by atoms with Gasteiger partial charge in [0.15, 0.2) is 0 Å². The molecule has 72 valence electrons. The van der Waals surface area contributed by atoms with E-state index in [1.807, 2.05) is 0 Å². The van der Waals surface area contributed by atoms with E-state index in [0.717, 1.165) is 0 Å². The van der Waals surface area contributed by atoms with Crippen LogP contribution in [-0.2, 0) is 5.75 Å². The number of nitro groups is 1. The second-order valence-electron chi connectivity index (χ2n) is 2.53. The Morgan fingerprint density at radius 1 is 1.50 bits per heavy atom. The lowest BCUT2D eigenvalue weighted by atomic mass is 10.2. The van der Waals surface area contributed by atoms with Gasteiger partial charge in [-0.25, -0.2) is 0 Å². The van der Waals surface area contributed by atoms with Crippen molar-refractivity contribution in [1.29, 1.82) is 0 Å². The molecule has 0 aliphatic heterocycles. The molecule has 0 aliphatic carbocycles. The molecule has 14 heavy (non-hydrogen) atoms. The van der Waals surface area contributed by atoms with Crippen molar-refractivity contribution in [3.8, 4) is 11.2 Å². The largest absolute Gasteiger partial charge is 0.273 e. The molecule has 1 aromatic carbocycles. The maximum Gasteiger partial charge on any atom is 0.273 e. The molecule has 1 aromatic rings. The average molecular weight is 207 g/mol. The minimum atomic E-state index is -0.366. The van der Waals surface area contributed by atoms with Crippen LogP contribution in [0.15, 0.2) is 24.3 Å². The van der Waals surface area contributed by atoms with E-state index in [-0.39, 0.29) is 10.6 Å². The minimum Gasteiger partial charge on any atom is -0.258 e. The molecule has 0 saturated carbocycles. The van der Waals surface area contributed by atoms with Gasteiger partial charge in [-0.3, -0.25) is 10.1 Å². The number of hydrogen-bond acceptors (Lipinski definition) is 3. The molecule has 0 spiro atoms. The van der Waals surface area contributed by atoms with E-state index in [9.17, 15) is 10.1 Å². The van der Waals surface area contributed by atoms with Gasteiger partial charge in [0.25, 0.3) is 5.69 Å². The van der Waals surface area contributed by atoms with Gasteiger partial charge in [0.1, 0.15) is 0 Å². The lowest BCUT2D eigenvalue weighted by Crippen LogP contribution is -1.92. The molecular weight excluding hydrogens is 198 g/mol. The van der Waals surface area contributed by atoms with Crippen LogP contribution in [0.4, 0.5) is 5.69 Å². The van der Waals surface area contributed by atoms with Crippen LogP contribution < -0.4 is 0 Å². The number of hydrogen-bond donors (Lipinski definition) is 0. The predicted molar refractivity (Wildman–Crippen MR) is 57.8 cm³/mol. The van der Waals surface area contributed by atoms with E-state index in [1.54, 1.807) is 25.1 Å². The van der Waals surface area contributed by atoms with Crippen LogP contribution in [-0.4, -0.2) is 4.92 Å². The van der Waals surface area contributed by atoms with Gasteiger partial charge in [0, 0.05) is 17.4 Å². The van der Waals surface area contributed by atoms with Gasteiger partial charge >= 0.3 is 0 Å². The Hall–Kier alpha value is -1.47. The van der Waals surface area contributed by atoms with Crippen molar-refractivity contribution >= 4 is 17.4 Å². The summed E-state index contributed by atoms with van der Waals surface area (Å²) in [5.41, 5.74) is 0.878. The summed E-state index contributed by atoms with van der Waals surface area (Å²) < 4.78 is 0. The average Bonchev–Trinajstić information content (AvgIpc) is 2.19. The Morgan fingerprint density at radius 2 is 2.21 bits per heavy atom. The summed E-state index contributed by atoms with van der Waals surface area (Å²) in [6.45, 7) is 1.74. The van der Waals surface area contributed by atoms with E-state index in [0.29, 0.717) is 11.3 Å². The third kappa shape index (κ3) is 2.79. The molecule has 3 nitrogen and oxygen atoms in total. The summed E-state index contributed by atoms with van der Waals surface area (Å²) in [7, 11) is 0. The highest BCUT2D eigenvalue weighted by Gasteiger charge is 2.10. The van der Waals surface area contributed by atoms with Gasteiger partial charge in [-0.15, -0.1) is 0 Å². The van der Waals surface area contributed by atoms with Crippen LogP contribution in [0.3, 0.4) is 0 Å². The summed E-state index contributed by atoms with van der Waals surface area (Å²) >= 11 is 1.37. The maximum atomic E-state index is 10.6. The van der Waals surface area contributed by atoms with Crippen molar-refractivity contribution < 1.29 is 4.92 Å². The van der Waals surface area contributed by atoms with Crippen LogP contribution in [0.1, 0.15) is 12.5 Å². The van der Waals surface area contributed by atoms with Crippen LogP contribution in [0.5, 0.6) is 0 Å². The fraction of sp³-hybridized carbons (Fsp3) is 0.200. The lowest BCUT2D eigenvalue weighted by Gasteiger charge is -1.98. The summed E-state index contributed by atoms with van der Waals surface area (Å²) in [6, 6.07) is 6.72. The molecule has 0 aliphatic rings. The highest BCUT2D eigenvalue weighted by atomic mass is 32.2. The monoisotopic (exact) mass is 207 g/mol. The molecule has 0 N–H and O–H groups in total. The highest BCUT2D eigenvalue weighted by Crippen LogP contribution is 2.21. The normalized spacial score (nSPS) is 8.93. The first-order valence-electron chi connectivity index (χ1n) is 4.01. The molecule has 0 atom stereocenters. The maximum absolute atomic E-state index is 10.6. The van der Waals surface area contributed by atoms with Gasteiger partial charge in [-0.2, -0.15) is 0 Å². The predicted octanol–water partition coefficient (Wildman–Crippen LogP) is 2.81. The Balaban J connectivity index is 2.83. The van der Waals surface area contributed by atoms with Gasteiger partial charge in [-0.1, -0.05) is 35.9 Å². The molecule has 1 rings (SSSR count). The van der Waals surface area contributed by atoms with Crippen LogP contribution >= 0.6 is 11.8 Å². The molecule has 0 saturated heterocycles. The van der Waals surface area contributed by atoms with Crippen LogP contribution in [0.25, 0.3) is 0 Å². The number of thioether (sulfide) groups is 1. The first-order chi connectivity index (χ1) is 6.75. The van der Waals surface area contributed by atoms with Crippen molar-refractivity contribution in [3.63, 3.8) is 0 Å². The Labute approximate surface area is 86.7 Å². The van der Waals surface area contributed by atoms with Gasteiger partial charge < -0.3 is 0 Å². The standard InChI is InChI=1S/C10H9NO2S/c1-2-7-14-8-9-5-3-4-6-10(9)11(12)13/h3-6H,8H2,1H3. The summed E-state index contributed by atoms with van der Waals surface area (Å²) in [4.78, 5) is 10.2. The molecule has 0 bridgehead atoms. The zero-order valence-corrected chi connectivity index (χ0v) is 8.50. The molecular formula is C10H9NO2S. The smallest absolute Gasteiger partial charge is 0.258 e. The third-order valence-electron chi connectivity index (χ3n) is 1.59. The second kappa shape index (κ2) is 5.30. The van der Waals surface area contributed by atoms with E-state index in [1.165, 1.54) is 17.8 Å². The topological polar surface area (TPSA) is 43.1 Å². The number of para-hydroxylation sites is 1. The van der Waals surface area contributed by atoms with E-state index in [4.69, 9.17) is 0 Å². The van der Waals surface area contributed by atoms with Crippen molar-refractivity contribution in [2.24, 2.45) is 0 Å². The Morgan fingerprint density at radius 3 is 2.86 bits per heavy atom. The van der Waals surface area contributed by atoms with E-state index < -0.39 is 0 Å². The number of nitrogens with zero attached hydrogens (tertiary/aromatic N) is 1. The van der Waals surface area contributed by atoms with Crippen LogP contribution in [0.2, 0.25) is 0 Å². The summed E-state index contributed by atoms with van der Waals surface area (Å²) in [5.74, 6) is 3.28. The SMILES string of the molecule is CC#CSCc1ccccc1[N+](=O)[O-]. The second-order valence-corrected chi connectivity index (χ2v) is 3.31. The molecule has 0 unspecified atom stereocenters. The van der Waals surface area contributed by atoms with Gasteiger partial charge in [0.2, 0.25) is 0 Å². The quantitative estimate of drug-likeness (QED) is 0.435. The van der Waals surface area contributed by atoms with Crippen LogP contribution in [0, 0.1) is 21.3 Å². The molecule has 0 amide bonds. The highest BCUT2D eigenvalue weighted by molar-refractivity contribution is 8.03. The number of nitro benzene ring substituents is 1. The molecule has 0 heterocycles. The fourth-order valence-corrected chi connectivity index (χ4v) is 1.61. The molecule has 4 heteroatoms. The zero-order chi connectivity index (χ0) is 10.4. The third-order valence-corrected chi connectivity index (χ3v) is 2.39. The van der Waals surface area contributed by atoms with Crippen molar-refractivity contribution in [1.82, 2.24) is 0 Å². The van der Waals surface area contributed by atoms with Crippen molar-refractivity contribution in [3.05, 3.63) is 39.9 Å². The van der Waals surface area contributed by atoms with Crippen molar-refractivity contribution in [2.75, 3.05) is 0 Å². The van der Waals surface area contributed by atoms with E-state index in [2.05, 4.69) is 11.2 Å². The molecule has 0 fully saturated rings. The van der Waals surface area contributed by atoms with Gasteiger partial charge in [0.05, 0.1) is 4.92 Å².